The summed E-state index contributed by atoms with van der Waals surface area (Å²) in [7, 11) is 0. The molecular formula is C17H24ClN5O. The average Bonchev–Trinajstić information content (AvgIpc) is 2.89. The molecule has 130 valence electrons. The Kier molecular flexibility index (Phi) is 5.96. The molecule has 3 rings (SSSR count). The molecule has 2 heterocycles. The van der Waals surface area contributed by atoms with Crippen molar-refractivity contribution >= 4 is 18.3 Å². The molecule has 7 heteroatoms. The van der Waals surface area contributed by atoms with Crippen LogP contribution in [-0.2, 0) is 11.2 Å². The molecule has 1 aliphatic rings. The highest BCUT2D eigenvalue weighted by Gasteiger charge is 2.24. The smallest absolute Gasteiger partial charge is 0.229 e. The molecule has 0 unspecified atom stereocenters. The molecule has 1 amide bonds. The van der Waals surface area contributed by atoms with E-state index in [1.807, 2.05) is 36.1 Å². The fraction of sp³-hybridized carbons (Fsp3) is 0.471. The summed E-state index contributed by atoms with van der Waals surface area (Å²) >= 11 is 0. The Morgan fingerprint density at radius 1 is 1.29 bits per heavy atom. The number of aryl methyl sites for hydroxylation is 1. The monoisotopic (exact) mass is 349 g/mol. The van der Waals surface area contributed by atoms with Gasteiger partial charge in [-0.2, -0.15) is 0 Å². The van der Waals surface area contributed by atoms with Gasteiger partial charge >= 0.3 is 0 Å². The molecule has 1 fully saturated rings. The third-order valence-corrected chi connectivity index (χ3v) is 4.41. The lowest BCUT2D eigenvalue weighted by molar-refractivity contribution is -0.133. The minimum absolute atomic E-state index is 0. The summed E-state index contributed by atoms with van der Waals surface area (Å²) in [4.78, 5) is 14.5. The van der Waals surface area contributed by atoms with E-state index < -0.39 is 0 Å². The molecule has 0 radical (unpaired) electrons. The van der Waals surface area contributed by atoms with Gasteiger partial charge in [-0.3, -0.25) is 4.79 Å². The summed E-state index contributed by atoms with van der Waals surface area (Å²) in [6, 6.07) is 8.35. The normalized spacial score (nSPS) is 17.5. The summed E-state index contributed by atoms with van der Waals surface area (Å²) in [5, 5.41) is 11.7. The van der Waals surface area contributed by atoms with Gasteiger partial charge in [0.15, 0.2) is 0 Å². The number of halogens is 1. The summed E-state index contributed by atoms with van der Waals surface area (Å²) in [6.45, 7) is 8.54. The number of aromatic nitrogens is 3. The zero-order valence-corrected chi connectivity index (χ0v) is 15.1. The van der Waals surface area contributed by atoms with Crippen molar-refractivity contribution in [2.24, 2.45) is 0 Å². The second-order valence-corrected chi connectivity index (χ2v) is 6.19. The van der Waals surface area contributed by atoms with Crippen molar-refractivity contribution in [1.29, 1.82) is 0 Å². The topological polar surface area (TPSA) is 63.1 Å². The van der Waals surface area contributed by atoms with E-state index in [2.05, 4.69) is 29.5 Å². The van der Waals surface area contributed by atoms with Crippen molar-refractivity contribution in [3.8, 4) is 5.69 Å². The van der Waals surface area contributed by atoms with Crippen molar-refractivity contribution in [3.63, 3.8) is 0 Å². The Morgan fingerprint density at radius 3 is 2.67 bits per heavy atom. The van der Waals surface area contributed by atoms with Crippen LogP contribution in [0.1, 0.15) is 23.9 Å². The van der Waals surface area contributed by atoms with Gasteiger partial charge in [0.25, 0.3) is 0 Å². The van der Waals surface area contributed by atoms with Crippen LogP contribution in [0.3, 0.4) is 0 Å². The molecule has 1 aliphatic heterocycles. The van der Waals surface area contributed by atoms with Crippen molar-refractivity contribution < 1.29 is 4.79 Å². The van der Waals surface area contributed by atoms with Crippen LogP contribution in [-0.4, -0.2) is 51.5 Å². The van der Waals surface area contributed by atoms with Gasteiger partial charge in [0.2, 0.25) is 5.91 Å². The van der Waals surface area contributed by atoms with Crippen LogP contribution in [0.2, 0.25) is 0 Å². The van der Waals surface area contributed by atoms with Crippen molar-refractivity contribution in [2.75, 3.05) is 19.6 Å². The summed E-state index contributed by atoms with van der Waals surface area (Å²) in [6.07, 6.45) is 0.308. The number of carbonyl (C=O) groups is 1. The SMILES string of the molecule is Cc1ccc(-n2nnc(CC(=O)N3CCNC[C@@H]3C)c2C)cc1.Cl. The molecule has 0 bridgehead atoms. The van der Waals surface area contributed by atoms with Gasteiger partial charge in [0.1, 0.15) is 0 Å². The zero-order chi connectivity index (χ0) is 16.4. The standard InChI is InChI=1S/C17H23N5O.ClH/c1-12-4-6-15(7-5-12)22-14(3)16(19-20-22)10-17(23)21-9-8-18-11-13(21)2;/h4-7,13,18H,8-11H2,1-3H3;1H/t13-;/m0./s1. The highest BCUT2D eigenvalue weighted by Crippen LogP contribution is 2.15. The van der Waals surface area contributed by atoms with Crippen molar-refractivity contribution in [3.05, 3.63) is 41.2 Å². The first-order valence-corrected chi connectivity index (χ1v) is 8.04. The zero-order valence-electron chi connectivity index (χ0n) is 14.3. The molecule has 2 aromatic rings. The van der Waals surface area contributed by atoms with Gasteiger partial charge in [-0.25, -0.2) is 4.68 Å². The van der Waals surface area contributed by atoms with E-state index in [0.717, 1.165) is 36.7 Å². The fourth-order valence-electron chi connectivity index (χ4n) is 2.91. The predicted molar refractivity (Wildman–Crippen MR) is 95.8 cm³/mol. The third kappa shape index (κ3) is 3.76. The van der Waals surface area contributed by atoms with Crippen LogP contribution in [0.25, 0.3) is 5.69 Å². The van der Waals surface area contributed by atoms with E-state index in [9.17, 15) is 4.79 Å². The number of piperazine rings is 1. The Hall–Kier alpha value is -1.92. The number of amides is 1. The van der Waals surface area contributed by atoms with Gasteiger partial charge in [-0.1, -0.05) is 22.9 Å². The van der Waals surface area contributed by atoms with Crippen LogP contribution in [0, 0.1) is 13.8 Å². The number of nitrogens with zero attached hydrogens (tertiary/aromatic N) is 4. The van der Waals surface area contributed by atoms with Crippen molar-refractivity contribution in [1.82, 2.24) is 25.2 Å². The number of nitrogens with one attached hydrogen (secondary N) is 1. The van der Waals surface area contributed by atoms with Gasteiger partial charge in [-0.05, 0) is 32.9 Å². The molecular weight excluding hydrogens is 326 g/mol. The summed E-state index contributed by atoms with van der Waals surface area (Å²) < 4.78 is 1.79. The first kappa shape index (κ1) is 18.4. The van der Waals surface area contributed by atoms with Gasteiger partial charge in [0, 0.05) is 25.7 Å². The minimum Gasteiger partial charge on any atom is -0.337 e. The lowest BCUT2D eigenvalue weighted by atomic mass is 10.1. The van der Waals surface area contributed by atoms with Gasteiger partial charge < -0.3 is 10.2 Å². The Morgan fingerprint density at radius 2 is 2.00 bits per heavy atom. The minimum atomic E-state index is 0. The Balaban J connectivity index is 0.00000208. The maximum absolute atomic E-state index is 12.5. The quantitative estimate of drug-likeness (QED) is 0.915. The number of benzene rings is 1. The van der Waals surface area contributed by atoms with Gasteiger partial charge in [0.05, 0.1) is 23.5 Å². The van der Waals surface area contributed by atoms with E-state index in [1.165, 1.54) is 5.56 Å². The first-order valence-electron chi connectivity index (χ1n) is 8.04. The second-order valence-electron chi connectivity index (χ2n) is 6.19. The number of carbonyl (C=O) groups excluding carboxylic acids is 1. The van der Waals surface area contributed by atoms with E-state index in [1.54, 1.807) is 4.68 Å². The highest BCUT2D eigenvalue weighted by molar-refractivity contribution is 5.85. The van der Waals surface area contributed by atoms with E-state index >= 15 is 0 Å². The Labute approximate surface area is 148 Å². The maximum Gasteiger partial charge on any atom is 0.229 e. The molecule has 24 heavy (non-hydrogen) atoms. The second kappa shape index (κ2) is 7.77. The molecule has 0 aliphatic carbocycles. The fourth-order valence-corrected chi connectivity index (χ4v) is 2.91. The number of rotatable bonds is 3. The molecule has 0 spiro atoms. The first-order chi connectivity index (χ1) is 11.1. The van der Waals surface area contributed by atoms with E-state index in [0.29, 0.717) is 6.42 Å². The van der Waals surface area contributed by atoms with Gasteiger partial charge in [-0.15, -0.1) is 17.5 Å². The summed E-state index contributed by atoms with van der Waals surface area (Å²) in [5.74, 6) is 0.123. The molecule has 1 aromatic heterocycles. The molecule has 1 aromatic carbocycles. The molecule has 6 nitrogen and oxygen atoms in total. The lowest BCUT2D eigenvalue weighted by Gasteiger charge is -2.33. The van der Waals surface area contributed by atoms with Crippen LogP contribution < -0.4 is 5.32 Å². The summed E-state index contributed by atoms with van der Waals surface area (Å²) in [5.41, 5.74) is 3.84. The molecule has 0 saturated carbocycles. The van der Waals surface area contributed by atoms with E-state index in [4.69, 9.17) is 0 Å². The number of hydrogen-bond donors (Lipinski definition) is 1. The van der Waals surface area contributed by atoms with Crippen LogP contribution in [0.15, 0.2) is 24.3 Å². The average molecular weight is 350 g/mol. The van der Waals surface area contributed by atoms with Crippen LogP contribution in [0.4, 0.5) is 0 Å². The highest BCUT2D eigenvalue weighted by atomic mass is 35.5. The van der Waals surface area contributed by atoms with E-state index in [-0.39, 0.29) is 24.4 Å². The van der Waals surface area contributed by atoms with Crippen LogP contribution >= 0.6 is 12.4 Å². The van der Waals surface area contributed by atoms with Crippen LogP contribution in [0.5, 0.6) is 0 Å². The van der Waals surface area contributed by atoms with Crippen molar-refractivity contribution in [2.45, 2.75) is 33.2 Å². The largest absolute Gasteiger partial charge is 0.337 e. The predicted octanol–water partition coefficient (Wildman–Crippen LogP) is 1.67. The Bertz CT molecular complexity index is 698. The lowest BCUT2D eigenvalue weighted by Crippen LogP contribution is -2.52. The number of hydrogen-bond acceptors (Lipinski definition) is 4. The molecule has 1 saturated heterocycles. The maximum atomic E-state index is 12.5. The molecule has 1 atom stereocenters. The molecule has 1 N–H and O–H groups in total. The third-order valence-electron chi connectivity index (χ3n) is 4.41.